The van der Waals surface area contributed by atoms with Gasteiger partial charge in [0.2, 0.25) is 5.95 Å². The Morgan fingerprint density at radius 3 is 2.65 bits per heavy atom. The van der Waals surface area contributed by atoms with Gasteiger partial charge in [0.1, 0.15) is 17.0 Å². The first-order chi connectivity index (χ1) is 14.8. The van der Waals surface area contributed by atoms with Crippen molar-refractivity contribution in [2.75, 3.05) is 11.9 Å². The van der Waals surface area contributed by atoms with E-state index in [-0.39, 0.29) is 30.5 Å². The molecule has 1 saturated heterocycles. The zero-order chi connectivity index (χ0) is 22.0. The number of alkyl halides is 3. The van der Waals surface area contributed by atoms with Gasteiger partial charge in [-0.25, -0.2) is 14.2 Å². The lowest BCUT2D eigenvalue weighted by Crippen LogP contribution is -2.32. The van der Waals surface area contributed by atoms with Gasteiger partial charge in [0.05, 0.1) is 12.6 Å². The van der Waals surface area contributed by atoms with Gasteiger partial charge in [-0.2, -0.15) is 18.2 Å². The molecule has 6 nitrogen and oxygen atoms in total. The smallest absolute Gasteiger partial charge is 0.373 e. The van der Waals surface area contributed by atoms with Crippen LogP contribution in [0.1, 0.15) is 34.3 Å². The van der Waals surface area contributed by atoms with E-state index < -0.39 is 16.7 Å². The van der Waals surface area contributed by atoms with Crippen molar-refractivity contribution in [1.29, 1.82) is 0 Å². The van der Waals surface area contributed by atoms with Crippen molar-refractivity contribution in [2.45, 2.75) is 37.7 Å². The summed E-state index contributed by atoms with van der Waals surface area (Å²) in [5, 5.41) is 3.11. The Morgan fingerprint density at radius 2 is 1.97 bits per heavy atom. The molecule has 1 aromatic carbocycles. The number of aromatic nitrogens is 3. The van der Waals surface area contributed by atoms with Gasteiger partial charge in [0.15, 0.2) is 0 Å². The number of benzene rings is 1. The molecular weight excluding hydrogens is 436 g/mol. The quantitative estimate of drug-likeness (QED) is 0.584. The summed E-state index contributed by atoms with van der Waals surface area (Å²) in [4.78, 5) is 20.0. The summed E-state index contributed by atoms with van der Waals surface area (Å²) >= 11 is 0.582. The van der Waals surface area contributed by atoms with E-state index in [4.69, 9.17) is 4.74 Å². The van der Waals surface area contributed by atoms with Crippen LogP contribution in [0.2, 0.25) is 0 Å². The number of hydrogen-bond donors (Lipinski definition) is 1. The fourth-order valence-electron chi connectivity index (χ4n) is 3.34. The first-order valence-corrected chi connectivity index (χ1v) is 10.3. The van der Waals surface area contributed by atoms with Crippen LogP contribution >= 0.6 is 11.3 Å². The summed E-state index contributed by atoms with van der Waals surface area (Å²) in [5.74, 6) is -0.173. The monoisotopic (exact) mass is 454 g/mol. The van der Waals surface area contributed by atoms with Crippen molar-refractivity contribution in [3.63, 3.8) is 0 Å². The number of hydrogen-bond acceptors (Lipinski definition) is 6. The van der Waals surface area contributed by atoms with Crippen LogP contribution in [0.25, 0.3) is 0 Å². The molecule has 4 rings (SSSR count). The minimum absolute atomic E-state index is 0.0379. The predicted octanol–water partition coefficient (Wildman–Crippen LogP) is 4.24. The molecule has 164 valence electrons. The molecule has 0 amide bonds. The Morgan fingerprint density at radius 1 is 1.19 bits per heavy atom. The molecule has 0 spiro atoms. The molecule has 1 N–H and O–H groups in total. The normalized spacial score (nSPS) is 19.4. The SMILES string of the molecule is O=c1nc(NC2CCOC(c3ccc(F)cc3)C2)ncn1Cc1ccc(C(F)(F)F)s1. The van der Waals surface area contributed by atoms with E-state index in [0.717, 1.165) is 16.2 Å². The van der Waals surface area contributed by atoms with Gasteiger partial charge < -0.3 is 10.1 Å². The van der Waals surface area contributed by atoms with Crippen molar-refractivity contribution < 1.29 is 22.3 Å². The Balaban J connectivity index is 1.40. The van der Waals surface area contributed by atoms with Crippen LogP contribution in [0.15, 0.2) is 47.5 Å². The summed E-state index contributed by atoms with van der Waals surface area (Å²) in [5.41, 5.74) is 0.250. The number of halogens is 4. The lowest BCUT2D eigenvalue weighted by molar-refractivity contribution is -0.134. The predicted molar refractivity (Wildman–Crippen MR) is 106 cm³/mol. The van der Waals surface area contributed by atoms with Crippen molar-refractivity contribution in [3.8, 4) is 0 Å². The number of rotatable bonds is 5. The molecule has 1 fully saturated rings. The molecule has 0 aliphatic carbocycles. The van der Waals surface area contributed by atoms with Crippen molar-refractivity contribution in [1.82, 2.24) is 14.5 Å². The maximum atomic E-state index is 13.1. The largest absolute Gasteiger partial charge is 0.425 e. The molecular formula is C20H18F4N4O2S. The lowest BCUT2D eigenvalue weighted by atomic mass is 9.97. The van der Waals surface area contributed by atoms with Gasteiger partial charge in [-0.15, -0.1) is 11.3 Å². The summed E-state index contributed by atoms with van der Waals surface area (Å²) in [6, 6.07) is 8.39. The Bertz CT molecular complexity index is 1100. The minimum atomic E-state index is -4.41. The summed E-state index contributed by atoms with van der Waals surface area (Å²) in [7, 11) is 0. The standard InChI is InChI=1S/C20H18F4N4O2S/c21-13-3-1-12(2-4-13)16-9-14(7-8-30-16)26-18-25-11-28(19(29)27-18)10-15-5-6-17(31-15)20(22,23)24/h1-6,11,14,16H,7-10H2,(H,26,27,29). The number of ether oxygens (including phenoxy) is 1. The lowest BCUT2D eigenvalue weighted by Gasteiger charge is -2.30. The highest BCUT2D eigenvalue weighted by Crippen LogP contribution is 2.34. The van der Waals surface area contributed by atoms with Gasteiger partial charge in [0.25, 0.3) is 0 Å². The van der Waals surface area contributed by atoms with E-state index in [2.05, 4.69) is 15.3 Å². The topological polar surface area (TPSA) is 69.0 Å². The van der Waals surface area contributed by atoms with Gasteiger partial charge in [-0.05, 0) is 42.7 Å². The maximum Gasteiger partial charge on any atom is 0.425 e. The Hall–Kier alpha value is -2.79. The molecule has 1 aliphatic heterocycles. The Labute approximate surface area is 178 Å². The van der Waals surface area contributed by atoms with E-state index in [1.165, 1.54) is 24.5 Å². The summed E-state index contributed by atoms with van der Waals surface area (Å²) < 4.78 is 58.2. The third-order valence-corrected chi connectivity index (χ3v) is 6.01. The third-order valence-electron chi connectivity index (χ3n) is 4.89. The molecule has 3 aromatic rings. The van der Waals surface area contributed by atoms with Crippen LogP contribution in [0.5, 0.6) is 0 Å². The van der Waals surface area contributed by atoms with Crippen molar-refractivity contribution >= 4 is 17.3 Å². The van der Waals surface area contributed by atoms with E-state index in [0.29, 0.717) is 35.7 Å². The summed E-state index contributed by atoms with van der Waals surface area (Å²) in [6.07, 6.45) is -2.09. The second-order valence-corrected chi connectivity index (χ2v) is 8.30. The molecule has 2 unspecified atom stereocenters. The number of anilines is 1. The van der Waals surface area contributed by atoms with E-state index >= 15 is 0 Å². The fraction of sp³-hybridized carbons (Fsp3) is 0.350. The number of nitrogens with one attached hydrogen (secondary N) is 1. The van der Waals surface area contributed by atoms with Crippen molar-refractivity contribution in [3.05, 3.63) is 74.3 Å². The van der Waals surface area contributed by atoms with Gasteiger partial charge >= 0.3 is 11.9 Å². The molecule has 0 bridgehead atoms. The molecule has 2 atom stereocenters. The van der Waals surface area contributed by atoms with Crippen LogP contribution in [-0.2, 0) is 17.5 Å². The second-order valence-electron chi connectivity index (χ2n) is 7.13. The highest BCUT2D eigenvalue weighted by Gasteiger charge is 2.32. The first kappa shape index (κ1) is 21.4. The molecule has 11 heteroatoms. The number of thiophene rings is 1. The highest BCUT2D eigenvalue weighted by molar-refractivity contribution is 7.12. The maximum absolute atomic E-state index is 13.1. The highest BCUT2D eigenvalue weighted by atomic mass is 32.1. The zero-order valence-corrected chi connectivity index (χ0v) is 16.9. The van der Waals surface area contributed by atoms with Crippen molar-refractivity contribution in [2.24, 2.45) is 0 Å². The van der Waals surface area contributed by atoms with Crippen LogP contribution < -0.4 is 11.0 Å². The minimum Gasteiger partial charge on any atom is -0.373 e. The third kappa shape index (κ3) is 5.28. The molecule has 3 heterocycles. The molecule has 0 saturated carbocycles. The molecule has 2 aromatic heterocycles. The van der Waals surface area contributed by atoms with Gasteiger partial charge in [-0.3, -0.25) is 4.57 Å². The summed E-state index contributed by atoms with van der Waals surface area (Å²) in [6.45, 7) is 0.445. The zero-order valence-electron chi connectivity index (χ0n) is 16.1. The molecule has 0 radical (unpaired) electrons. The Kier molecular flexibility index (Phi) is 6.05. The second kappa shape index (κ2) is 8.75. The average molecular weight is 454 g/mol. The van der Waals surface area contributed by atoms with E-state index in [1.54, 1.807) is 12.1 Å². The van der Waals surface area contributed by atoms with E-state index in [9.17, 15) is 22.4 Å². The number of nitrogens with zero attached hydrogens (tertiary/aromatic N) is 3. The molecule has 31 heavy (non-hydrogen) atoms. The van der Waals surface area contributed by atoms with Crippen LogP contribution in [0, 0.1) is 5.82 Å². The van der Waals surface area contributed by atoms with Crippen LogP contribution in [0.4, 0.5) is 23.5 Å². The van der Waals surface area contributed by atoms with Gasteiger partial charge in [0, 0.05) is 17.5 Å². The first-order valence-electron chi connectivity index (χ1n) is 9.51. The van der Waals surface area contributed by atoms with Gasteiger partial charge in [-0.1, -0.05) is 12.1 Å². The van der Waals surface area contributed by atoms with E-state index in [1.807, 2.05) is 0 Å². The fourth-order valence-corrected chi connectivity index (χ4v) is 4.21. The van der Waals surface area contributed by atoms with Crippen LogP contribution in [-0.4, -0.2) is 27.2 Å². The average Bonchev–Trinajstić information content (AvgIpc) is 3.20. The van der Waals surface area contributed by atoms with Crippen LogP contribution in [0.3, 0.4) is 0 Å². The molecule has 1 aliphatic rings.